The van der Waals surface area contributed by atoms with Crippen LogP contribution in [0.1, 0.15) is 35.7 Å². The van der Waals surface area contributed by atoms with Crippen molar-refractivity contribution in [3.63, 3.8) is 0 Å². The number of aryl methyl sites for hydroxylation is 2. The van der Waals surface area contributed by atoms with Crippen LogP contribution in [0.2, 0.25) is 0 Å². The third kappa shape index (κ3) is 2.50. The highest BCUT2D eigenvalue weighted by Gasteiger charge is 2.15. The van der Waals surface area contributed by atoms with Gasteiger partial charge in [0.05, 0.1) is 5.38 Å². The first-order chi connectivity index (χ1) is 8.11. The molecule has 1 aromatic heterocycles. The maximum Gasteiger partial charge on any atom is 0.258 e. The lowest BCUT2D eigenvalue weighted by Gasteiger charge is -2.01. The standard InChI is InChI=1S/C13H15ClN2O/c1-4-11(14)12-15-13(17-16-12)10-6-5-8(2)7-9(10)3/h5-7,11H,4H2,1-3H3. The second kappa shape index (κ2) is 4.88. The van der Waals surface area contributed by atoms with Crippen molar-refractivity contribution in [2.75, 3.05) is 0 Å². The van der Waals surface area contributed by atoms with Gasteiger partial charge in [0.25, 0.3) is 5.89 Å². The van der Waals surface area contributed by atoms with E-state index in [0.717, 1.165) is 17.5 Å². The zero-order valence-electron chi connectivity index (χ0n) is 10.2. The number of aromatic nitrogens is 2. The first-order valence-corrected chi connectivity index (χ1v) is 6.10. The fraction of sp³-hybridized carbons (Fsp3) is 0.385. The Labute approximate surface area is 106 Å². The Hall–Kier alpha value is -1.35. The van der Waals surface area contributed by atoms with Gasteiger partial charge < -0.3 is 4.52 Å². The molecular formula is C13H15ClN2O. The van der Waals surface area contributed by atoms with Crippen molar-refractivity contribution in [3.8, 4) is 11.5 Å². The fourth-order valence-corrected chi connectivity index (χ4v) is 1.80. The largest absolute Gasteiger partial charge is 0.334 e. The summed E-state index contributed by atoms with van der Waals surface area (Å²) in [5.74, 6) is 1.10. The number of hydrogen-bond acceptors (Lipinski definition) is 3. The Balaban J connectivity index is 2.37. The number of nitrogens with zero attached hydrogens (tertiary/aromatic N) is 2. The SMILES string of the molecule is CCC(Cl)c1noc(-c2ccc(C)cc2C)n1. The molecule has 0 radical (unpaired) electrons. The molecular weight excluding hydrogens is 236 g/mol. The monoisotopic (exact) mass is 250 g/mol. The molecule has 0 aliphatic heterocycles. The van der Waals surface area contributed by atoms with Crippen LogP contribution in [-0.2, 0) is 0 Å². The maximum atomic E-state index is 6.07. The van der Waals surface area contributed by atoms with Crippen LogP contribution in [0.4, 0.5) is 0 Å². The molecule has 1 unspecified atom stereocenters. The molecule has 0 spiro atoms. The van der Waals surface area contributed by atoms with Crippen LogP contribution in [0.3, 0.4) is 0 Å². The average molecular weight is 251 g/mol. The fourth-order valence-electron chi connectivity index (χ4n) is 1.71. The van der Waals surface area contributed by atoms with Crippen LogP contribution in [0.5, 0.6) is 0 Å². The van der Waals surface area contributed by atoms with Gasteiger partial charge in [0.1, 0.15) is 0 Å². The van der Waals surface area contributed by atoms with E-state index >= 15 is 0 Å². The molecule has 0 amide bonds. The number of benzene rings is 1. The summed E-state index contributed by atoms with van der Waals surface area (Å²) in [4.78, 5) is 4.33. The molecule has 2 rings (SSSR count). The average Bonchev–Trinajstić information content (AvgIpc) is 2.77. The van der Waals surface area contributed by atoms with E-state index in [4.69, 9.17) is 16.1 Å². The number of rotatable bonds is 3. The molecule has 0 aliphatic carbocycles. The molecule has 4 heteroatoms. The molecule has 0 saturated carbocycles. The number of halogens is 1. The van der Waals surface area contributed by atoms with Gasteiger partial charge in [0, 0.05) is 5.56 Å². The number of alkyl halides is 1. The lowest BCUT2D eigenvalue weighted by Crippen LogP contribution is -1.91. The van der Waals surface area contributed by atoms with E-state index < -0.39 is 0 Å². The van der Waals surface area contributed by atoms with Gasteiger partial charge in [0.2, 0.25) is 0 Å². The van der Waals surface area contributed by atoms with Gasteiger partial charge in [-0.15, -0.1) is 11.6 Å². The predicted molar refractivity (Wildman–Crippen MR) is 68.1 cm³/mol. The van der Waals surface area contributed by atoms with Crippen LogP contribution in [0, 0.1) is 13.8 Å². The second-order valence-electron chi connectivity index (χ2n) is 4.15. The third-order valence-electron chi connectivity index (χ3n) is 2.69. The van der Waals surface area contributed by atoms with E-state index in [1.807, 2.05) is 26.0 Å². The van der Waals surface area contributed by atoms with E-state index in [2.05, 4.69) is 23.1 Å². The Bertz CT molecular complexity index is 522. The van der Waals surface area contributed by atoms with Crippen LogP contribution < -0.4 is 0 Å². The summed E-state index contributed by atoms with van der Waals surface area (Å²) in [7, 11) is 0. The molecule has 0 N–H and O–H groups in total. The molecule has 0 bridgehead atoms. The van der Waals surface area contributed by atoms with Gasteiger partial charge in [-0.1, -0.05) is 29.8 Å². The minimum absolute atomic E-state index is 0.182. The smallest absolute Gasteiger partial charge is 0.258 e. The Morgan fingerprint density at radius 2 is 2.12 bits per heavy atom. The van der Waals surface area contributed by atoms with Crippen LogP contribution >= 0.6 is 11.6 Å². The third-order valence-corrected chi connectivity index (χ3v) is 3.20. The Morgan fingerprint density at radius 3 is 2.76 bits per heavy atom. The molecule has 2 aromatic rings. The second-order valence-corrected chi connectivity index (χ2v) is 4.68. The zero-order valence-corrected chi connectivity index (χ0v) is 11.0. The molecule has 0 saturated heterocycles. The molecule has 1 heterocycles. The van der Waals surface area contributed by atoms with Crippen molar-refractivity contribution < 1.29 is 4.52 Å². The quantitative estimate of drug-likeness (QED) is 0.772. The summed E-state index contributed by atoms with van der Waals surface area (Å²) in [5.41, 5.74) is 3.31. The van der Waals surface area contributed by atoms with Gasteiger partial charge in [-0.05, 0) is 31.9 Å². The van der Waals surface area contributed by atoms with Crippen LogP contribution in [-0.4, -0.2) is 10.1 Å². The van der Waals surface area contributed by atoms with Gasteiger partial charge in [-0.2, -0.15) is 4.98 Å². The van der Waals surface area contributed by atoms with Crippen molar-refractivity contribution >= 4 is 11.6 Å². The number of hydrogen-bond donors (Lipinski definition) is 0. The van der Waals surface area contributed by atoms with E-state index in [1.165, 1.54) is 5.56 Å². The van der Waals surface area contributed by atoms with Gasteiger partial charge in [0.15, 0.2) is 5.82 Å². The van der Waals surface area contributed by atoms with Crippen LogP contribution in [0.25, 0.3) is 11.5 Å². The summed E-state index contributed by atoms with van der Waals surface area (Å²) in [5, 5.41) is 3.73. The minimum atomic E-state index is -0.182. The predicted octanol–water partition coefficient (Wildman–Crippen LogP) is 4.04. The van der Waals surface area contributed by atoms with Gasteiger partial charge >= 0.3 is 0 Å². The van der Waals surface area contributed by atoms with Crippen LogP contribution in [0.15, 0.2) is 22.7 Å². The van der Waals surface area contributed by atoms with Gasteiger partial charge in [-0.25, -0.2) is 0 Å². The summed E-state index contributed by atoms with van der Waals surface area (Å²) in [6.45, 7) is 6.08. The summed E-state index contributed by atoms with van der Waals surface area (Å²) >= 11 is 6.07. The lowest BCUT2D eigenvalue weighted by atomic mass is 10.1. The molecule has 0 fully saturated rings. The van der Waals surface area contributed by atoms with Crippen molar-refractivity contribution in [1.82, 2.24) is 10.1 Å². The van der Waals surface area contributed by atoms with Crippen molar-refractivity contribution in [2.24, 2.45) is 0 Å². The maximum absolute atomic E-state index is 6.07. The summed E-state index contributed by atoms with van der Waals surface area (Å²) < 4.78 is 5.25. The minimum Gasteiger partial charge on any atom is -0.334 e. The molecule has 0 aliphatic rings. The zero-order chi connectivity index (χ0) is 12.4. The van der Waals surface area contributed by atoms with Crippen molar-refractivity contribution in [3.05, 3.63) is 35.2 Å². The van der Waals surface area contributed by atoms with Crippen molar-refractivity contribution in [2.45, 2.75) is 32.6 Å². The van der Waals surface area contributed by atoms with Crippen molar-refractivity contribution in [1.29, 1.82) is 0 Å². The summed E-state index contributed by atoms with van der Waals surface area (Å²) in [6, 6.07) is 6.12. The first-order valence-electron chi connectivity index (χ1n) is 5.67. The van der Waals surface area contributed by atoms with E-state index in [1.54, 1.807) is 0 Å². The first kappa shape index (κ1) is 12.1. The molecule has 3 nitrogen and oxygen atoms in total. The van der Waals surface area contributed by atoms with Gasteiger partial charge in [-0.3, -0.25) is 0 Å². The Morgan fingerprint density at radius 1 is 1.35 bits per heavy atom. The Kier molecular flexibility index (Phi) is 3.48. The summed E-state index contributed by atoms with van der Waals surface area (Å²) in [6.07, 6.45) is 0.785. The molecule has 90 valence electrons. The highest BCUT2D eigenvalue weighted by molar-refractivity contribution is 6.20. The van der Waals surface area contributed by atoms with E-state index in [0.29, 0.717) is 11.7 Å². The molecule has 1 atom stereocenters. The molecule has 1 aromatic carbocycles. The topological polar surface area (TPSA) is 38.9 Å². The van der Waals surface area contributed by atoms with E-state index in [9.17, 15) is 0 Å². The lowest BCUT2D eigenvalue weighted by molar-refractivity contribution is 0.421. The normalized spacial score (nSPS) is 12.7. The highest BCUT2D eigenvalue weighted by Crippen LogP contribution is 2.26. The van der Waals surface area contributed by atoms with E-state index in [-0.39, 0.29) is 5.38 Å². The highest BCUT2D eigenvalue weighted by atomic mass is 35.5. The molecule has 17 heavy (non-hydrogen) atoms.